The predicted molar refractivity (Wildman–Crippen MR) is 45.6 cm³/mol. The quantitative estimate of drug-likeness (QED) is 0.594. The summed E-state index contributed by atoms with van der Waals surface area (Å²) in [7, 11) is 0. The zero-order chi connectivity index (χ0) is 7.90. The molecule has 2 rings (SSSR count). The molecule has 0 spiro atoms. The molecule has 1 saturated carbocycles. The van der Waals surface area contributed by atoms with Crippen molar-refractivity contribution >= 4 is 0 Å². The van der Waals surface area contributed by atoms with Gasteiger partial charge >= 0.3 is 0 Å². The van der Waals surface area contributed by atoms with Crippen molar-refractivity contribution in [3.63, 3.8) is 0 Å². The maximum absolute atomic E-state index is 4.18. The number of aromatic nitrogens is 1. The van der Waals surface area contributed by atoms with Crippen molar-refractivity contribution in [1.82, 2.24) is 4.98 Å². The summed E-state index contributed by atoms with van der Waals surface area (Å²) in [5, 5.41) is 0. The number of rotatable bonds is 1. The molecule has 1 aliphatic rings. The van der Waals surface area contributed by atoms with Gasteiger partial charge in [-0.05, 0) is 42.9 Å². The van der Waals surface area contributed by atoms with E-state index in [0.29, 0.717) is 5.41 Å². The van der Waals surface area contributed by atoms with Gasteiger partial charge in [-0.2, -0.15) is 0 Å². The van der Waals surface area contributed by atoms with Crippen molar-refractivity contribution in [1.29, 1.82) is 0 Å². The first-order valence-corrected chi connectivity index (χ1v) is 4.14. The molecule has 1 aromatic heterocycles. The average Bonchev–Trinajstić information content (AvgIpc) is 2.70. The third kappa shape index (κ3) is 1.15. The molecule has 0 saturated heterocycles. The van der Waals surface area contributed by atoms with Gasteiger partial charge in [0.1, 0.15) is 0 Å². The minimum Gasteiger partial charge on any atom is -0.262 e. The molecule has 1 fully saturated rings. The third-order valence-corrected chi connectivity index (χ3v) is 2.59. The standard InChI is InChI=1S/C10H13N/c1-8-7-9(3-6-11-8)10(2)4-5-10/h3,6-7H,4-5H2,1-2H3. The molecule has 11 heavy (non-hydrogen) atoms. The second-order valence-corrected chi connectivity index (χ2v) is 3.75. The van der Waals surface area contributed by atoms with Crippen molar-refractivity contribution in [2.75, 3.05) is 0 Å². The van der Waals surface area contributed by atoms with E-state index >= 15 is 0 Å². The Labute approximate surface area is 67.5 Å². The first kappa shape index (κ1) is 6.84. The summed E-state index contributed by atoms with van der Waals surface area (Å²) in [6.45, 7) is 4.37. The van der Waals surface area contributed by atoms with Crippen LogP contribution in [0.15, 0.2) is 18.3 Å². The van der Waals surface area contributed by atoms with E-state index in [2.05, 4.69) is 31.0 Å². The van der Waals surface area contributed by atoms with Gasteiger partial charge in [-0.25, -0.2) is 0 Å². The third-order valence-electron chi connectivity index (χ3n) is 2.59. The van der Waals surface area contributed by atoms with Crippen LogP contribution >= 0.6 is 0 Å². The van der Waals surface area contributed by atoms with Gasteiger partial charge in [0.2, 0.25) is 0 Å². The Hall–Kier alpha value is -0.850. The number of nitrogens with zero attached hydrogens (tertiary/aromatic N) is 1. The van der Waals surface area contributed by atoms with Gasteiger partial charge in [0.05, 0.1) is 0 Å². The molecule has 1 heterocycles. The van der Waals surface area contributed by atoms with E-state index in [4.69, 9.17) is 0 Å². The van der Waals surface area contributed by atoms with Gasteiger partial charge < -0.3 is 0 Å². The molecule has 1 aliphatic carbocycles. The molecule has 1 aromatic rings. The Morgan fingerprint density at radius 2 is 2.18 bits per heavy atom. The maximum atomic E-state index is 4.18. The highest BCUT2D eigenvalue weighted by Crippen LogP contribution is 2.47. The van der Waals surface area contributed by atoms with Crippen molar-refractivity contribution in [2.45, 2.75) is 32.1 Å². The minimum atomic E-state index is 0.494. The van der Waals surface area contributed by atoms with Crippen LogP contribution in [0.2, 0.25) is 0 Å². The Morgan fingerprint density at radius 1 is 1.45 bits per heavy atom. The van der Waals surface area contributed by atoms with Crippen LogP contribution in [-0.4, -0.2) is 4.98 Å². The number of pyridine rings is 1. The fourth-order valence-corrected chi connectivity index (χ4v) is 1.40. The van der Waals surface area contributed by atoms with E-state index in [-0.39, 0.29) is 0 Å². The summed E-state index contributed by atoms with van der Waals surface area (Å²) in [6.07, 6.45) is 4.60. The van der Waals surface area contributed by atoms with Gasteiger partial charge in [0.25, 0.3) is 0 Å². The van der Waals surface area contributed by atoms with Crippen LogP contribution in [0.5, 0.6) is 0 Å². The molecule has 0 unspecified atom stereocenters. The lowest BCUT2D eigenvalue weighted by Crippen LogP contribution is -1.99. The lowest BCUT2D eigenvalue weighted by atomic mass is 9.99. The molecule has 0 N–H and O–H groups in total. The Bertz CT molecular complexity index is 274. The van der Waals surface area contributed by atoms with Gasteiger partial charge in [0, 0.05) is 11.9 Å². The maximum Gasteiger partial charge on any atom is 0.0375 e. The van der Waals surface area contributed by atoms with Crippen LogP contribution in [0.4, 0.5) is 0 Å². The largest absolute Gasteiger partial charge is 0.262 e. The zero-order valence-electron chi connectivity index (χ0n) is 7.09. The topological polar surface area (TPSA) is 12.9 Å². The average molecular weight is 147 g/mol. The van der Waals surface area contributed by atoms with Crippen molar-refractivity contribution < 1.29 is 0 Å². The van der Waals surface area contributed by atoms with Crippen LogP contribution < -0.4 is 0 Å². The van der Waals surface area contributed by atoms with Crippen LogP contribution in [0, 0.1) is 6.92 Å². The molecule has 58 valence electrons. The second kappa shape index (κ2) is 2.07. The predicted octanol–water partition coefficient (Wildman–Crippen LogP) is 2.44. The summed E-state index contributed by atoms with van der Waals surface area (Å²) in [5.74, 6) is 0. The fraction of sp³-hybridized carbons (Fsp3) is 0.500. The monoisotopic (exact) mass is 147 g/mol. The lowest BCUT2D eigenvalue weighted by molar-refractivity contribution is 0.783. The summed E-state index contributed by atoms with van der Waals surface area (Å²) in [6, 6.07) is 4.34. The second-order valence-electron chi connectivity index (χ2n) is 3.75. The van der Waals surface area contributed by atoms with Gasteiger partial charge in [-0.3, -0.25) is 4.98 Å². The van der Waals surface area contributed by atoms with Crippen molar-refractivity contribution in [3.8, 4) is 0 Å². The van der Waals surface area contributed by atoms with Crippen LogP contribution in [-0.2, 0) is 5.41 Å². The summed E-state index contributed by atoms with van der Waals surface area (Å²) in [4.78, 5) is 4.18. The Morgan fingerprint density at radius 3 is 2.73 bits per heavy atom. The summed E-state index contributed by atoms with van der Waals surface area (Å²) >= 11 is 0. The molecular formula is C10H13N. The van der Waals surface area contributed by atoms with Crippen LogP contribution in [0.25, 0.3) is 0 Å². The van der Waals surface area contributed by atoms with Crippen molar-refractivity contribution in [3.05, 3.63) is 29.6 Å². The highest BCUT2D eigenvalue weighted by Gasteiger charge is 2.38. The highest BCUT2D eigenvalue weighted by atomic mass is 14.7. The molecular weight excluding hydrogens is 134 g/mol. The van der Waals surface area contributed by atoms with E-state index in [9.17, 15) is 0 Å². The molecule has 0 bridgehead atoms. The molecule has 0 radical (unpaired) electrons. The molecule has 1 nitrogen and oxygen atoms in total. The first-order chi connectivity index (χ1) is 5.21. The normalized spacial score (nSPS) is 19.8. The van der Waals surface area contributed by atoms with Gasteiger partial charge in [0.15, 0.2) is 0 Å². The van der Waals surface area contributed by atoms with E-state index in [0.717, 1.165) is 5.69 Å². The smallest absolute Gasteiger partial charge is 0.0375 e. The first-order valence-electron chi connectivity index (χ1n) is 4.14. The minimum absolute atomic E-state index is 0.494. The van der Waals surface area contributed by atoms with E-state index < -0.39 is 0 Å². The van der Waals surface area contributed by atoms with Gasteiger partial charge in [-0.1, -0.05) is 6.92 Å². The molecule has 0 atom stereocenters. The van der Waals surface area contributed by atoms with E-state index in [1.54, 1.807) is 0 Å². The van der Waals surface area contributed by atoms with Crippen molar-refractivity contribution in [2.24, 2.45) is 0 Å². The molecule has 0 amide bonds. The van der Waals surface area contributed by atoms with E-state index in [1.807, 2.05) is 6.20 Å². The van der Waals surface area contributed by atoms with Gasteiger partial charge in [-0.15, -0.1) is 0 Å². The highest BCUT2D eigenvalue weighted by molar-refractivity contribution is 5.29. The molecule has 0 aromatic carbocycles. The summed E-state index contributed by atoms with van der Waals surface area (Å²) < 4.78 is 0. The Kier molecular flexibility index (Phi) is 1.28. The number of hydrogen-bond donors (Lipinski definition) is 0. The number of aryl methyl sites for hydroxylation is 1. The molecule has 0 aliphatic heterocycles. The van der Waals surface area contributed by atoms with Crippen LogP contribution in [0.1, 0.15) is 31.0 Å². The molecule has 1 heteroatoms. The SMILES string of the molecule is Cc1cc(C2(C)CC2)ccn1. The zero-order valence-corrected chi connectivity index (χ0v) is 7.09. The van der Waals surface area contributed by atoms with Crippen LogP contribution in [0.3, 0.4) is 0 Å². The number of hydrogen-bond acceptors (Lipinski definition) is 1. The summed E-state index contributed by atoms with van der Waals surface area (Å²) in [5.41, 5.74) is 3.09. The fourth-order valence-electron chi connectivity index (χ4n) is 1.40. The van der Waals surface area contributed by atoms with E-state index in [1.165, 1.54) is 18.4 Å². The lowest BCUT2D eigenvalue weighted by Gasteiger charge is -2.07. The Balaban J connectivity index is 2.38.